The first-order valence-electron chi connectivity index (χ1n) is 7.88. The Morgan fingerprint density at radius 2 is 1.77 bits per heavy atom. The van der Waals surface area contributed by atoms with Crippen molar-refractivity contribution in [3.05, 3.63) is 30.3 Å². The molecular weight excluding hydrogens is 280 g/mol. The van der Waals surface area contributed by atoms with Crippen molar-refractivity contribution in [3.63, 3.8) is 0 Å². The summed E-state index contributed by atoms with van der Waals surface area (Å²) in [6, 6.07) is 9.57. The van der Waals surface area contributed by atoms with Gasteiger partial charge in [-0.25, -0.2) is 0 Å². The van der Waals surface area contributed by atoms with E-state index in [1.54, 1.807) is 12.0 Å². The number of nitrogens with zero attached hydrogens (tertiary/aromatic N) is 2. The molecule has 1 unspecified atom stereocenters. The molecule has 2 saturated heterocycles. The Kier molecular flexibility index (Phi) is 4.43. The van der Waals surface area contributed by atoms with E-state index >= 15 is 0 Å². The van der Waals surface area contributed by atoms with Crippen LogP contribution in [0, 0.1) is 5.92 Å². The number of ether oxygens (including phenoxy) is 1. The van der Waals surface area contributed by atoms with Crippen molar-refractivity contribution in [2.24, 2.45) is 5.92 Å². The van der Waals surface area contributed by atoms with E-state index in [1.807, 2.05) is 35.2 Å². The molecule has 1 aromatic carbocycles. The lowest BCUT2D eigenvalue weighted by atomic mass is 10.0. The molecule has 0 aromatic heterocycles. The summed E-state index contributed by atoms with van der Waals surface area (Å²) < 4.78 is 5.33. The zero-order valence-corrected chi connectivity index (χ0v) is 12.9. The molecule has 0 bridgehead atoms. The average Bonchev–Trinajstić information content (AvgIpc) is 2.96. The number of piperidine rings is 1. The maximum Gasteiger partial charge on any atom is 0.239 e. The molecule has 5 nitrogen and oxygen atoms in total. The number of amides is 2. The van der Waals surface area contributed by atoms with Crippen molar-refractivity contribution in [2.75, 3.05) is 31.6 Å². The van der Waals surface area contributed by atoms with Crippen LogP contribution in [0.15, 0.2) is 30.3 Å². The smallest absolute Gasteiger partial charge is 0.239 e. The minimum absolute atomic E-state index is 0.0158. The van der Waals surface area contributed by atoms with Gasteiger partial charge in [0.05, 0.1) is 6.10 Å². The molecule has 2 amide bonds. The van der Waals surface area contributed by atoms with Crippen LogP contribution in [-0.4, -0.2) is 49.6 Å². The maximum absolute atomic E-state index is 12.6. The summed E-state index contributed by atoms with van der Waals surface area (Å²) in [7, 11) is 1.71. The molecule has 5 heteroatoms. The molecule has 118 valence electrons. The van der Waals surface area contributed by atoms with Crippen molar-refractivity contribution in [3.8, 4) is 0 Å². The van der Waals surface area contributed by atoms with Crippen LogP contribution in [0.3, 0.4) is 0 Å². The summed E-state index contributed by atoms with van der Waals surface area (Å²) in [6.07, 6.45) is 2.55. The predicted molar refractivity (Wildman–Crippen MR) is 83.5 cm³/mol. The van der Waals surface area contributed by atoms with E-state index < -0.39 is 5.92 Å². The molecule has 1 atom stereocenters. The van der Waals surface area contributed by atoms with Gasteiger partial charge in [-0.3, -0.25) is 9.59 Å². The van der Waals surface area contributed by atoms with E-state index in [1.165, 1.54) is 0 Å². The third-order valence-electron chi connectivity index (χ3n) is 4.66. The molecule has 2 fully saturated rings. The zero-order chi connectivity index (χ0) is 15.5. The second-order valence-corrected chi connectivity index (χ2v) is 5.93. The monoisotopic (exact) mass is 302 g/mol. The molecule has 0 saturated carbocycles. The number of benzene rings is 1. The number of anilines is 1. The lowest BCUT2D eigenvalue weighted by Crippen LogP contribution is -2.45. The average molecular weight is 302 g/mol. The first kappa shape index (κ1) is 15.0. The number of carbonyl (C=O) groups is 2. The summed E-state index contributed by atoms with van der Waals surface area (Å²) in [5.41, 5.74) is 0.876. The second-order valence-electron chi connectivity index (χ2n) is 5.93. The number of hydrogen-bond donors (Lipinski definition) is 0. The van der Waals surface area contributed by atoms with Gasteiger partial charge in [-0.05, 0) is 31.4 Å². The van der Waals surface area contributed by atoms with Crippen molar-refractivity contribution in [1.82, 2.24) is 4.90 Å². The van der Waals surface area contributed by atoms with E-state index in [2.05, 4.69) is 0 Å². The zero-order valence-electron chi connectivity index (χ0n) is 12.9. The largest absolute Gasteiger partial charge is 0.381 e. The maximum atomic E-state index is 12.6. The van der Waals surface area contributed by atoms with Crippen molar-refractivity contribution >= 4 is 17.5 Å². The fourth-order valence-corrected chi connectivity index (χ4v) is 3.31. The van der Waals surface area contributed by atoms with Crippen molar-refractivity contribution in [2.45, 2.75) is 25.4 Å². The molecule has 0 N–H and O–H groups in total. The summed E-state index contributed by atoms with van der Waals surface area (Å²) in [4.78, 5) is 28.7. The van der Waals surface area contributed by atoms with E-state index in [0.29, 0.717) is 26.1 Å². The highest BCUT2D eigenvalue weighted by Crippen LogP contribution is 2.27. The van der Waals surface area contributed by atoms with Crippen LogP contribution in [0.1, 0.15) is 19.3 Å². The minimum Gasteiger partial charge on any atom is -0.381 e. The third kappa shape index (κ3) is 2.86. The number of para-hydroxylation sites is 1. The Balaban J connectivity index is 1.64. The van der Waals surface area contributed by atoms with Gasteiger partial charge in [-0.15, -0.1) is 0 Å². The number of likely N-dealkylation sites (tertiary alicyclic amines) is 1. The van der Waals surface area contributed by atoms with Crippen LogP contribution in [0.25, 0.3) is 0 Å². The summed E-state index contributed by atoms with van der Waals surface area (Å²) >= 11 is 0. The molecule has 2 heterocycles. The van der Waals surface area contributed by atoms with Crippen LogP contribution in [-0.2, 0) is 14.3 Å². The molecule has 1 aromatic rings. The van der Waals surface area contributed by atoms with Gasteiger partial charge in [-0.1, -0.05) is 18.2 Å². The highest BCUT2D eigenvalue weighted by Gasteiger charge is 2.40. The van der Waals surface area contributed by atoms with E-state index in [-0.39, 0.29) is 17.9 Å². The van der Waals surface area contributed by atoms with E-state index in [0.717, 1.165) is 18.5 Å². The first-order valence-corrected chi connectivity index (χ1v) is 7.88. The third-order valence-corrected chi connectivity index (χ3v) is 4.66. The highest BCUT2D eigenvalue weighted by atomic mass is 16.5. The number of rotatable bonds is 3. The first-order chi connectivity index (χ1) is 10.7. The van der Waals surface area contributed by atoms with Gasteiger partial charge in [0.15, 0.2) is 0 Å². The van der Waals surface area contributed by atoms with Gasteiger partial charge in [-0.2, -0.15) is 0 Å². The molecule has 0 spiro atoms. The highest BCUT2D eigenvalue weighted by molar-refractivity contribution is 6.09. The molecule has 3 rings (SSSR count). The van der Waals surface area contributed by atoms with Gasteiger partial charge in [0, 0.05) is 32.4 Å². The van der Waals surface area contributed by atoms with Crippen molar-refractivity contribution < 1.29 is 14.3 Å². The van der Waals surface area contributed by atoms with Crippen LogP contribution in [0.2, 0.25) is 0 Å². The Morgan fingerprint density at radius 3 is 2.41 bits per heavy atom. The Bertz CT molecular complexity index is 538. The lowest BCUT2D eigenvalue weighted by molar-refractivity contribution is -0.141. The Morgan fingerprint density at radius 1 is 1.09 bits per heavy atom. The molecular formula is C17H22N2O3. The van der Waals surface area contributed by atoms with Crippen LogP contribution < -0.4 is 4.90 Å². The topological polar surface area (TPSA) is 49.9 Å². The fraction of sp³-hybridized carbons (Fsp3) is 0.529. The predicted octanol–water partition coefficient (Wildman–Crippen LogP) is 1.68. The van der Waals surface area contributed by atoms with E-state index in [9.17, 15) is 9.59 Å². The van der Waals surface area contributed by atoms with Gasteiger partial charge >= 0.3 is 0 Å². The lowest BCUT2D eigenvalue weighted by Gasteiger charge is -2.32. The van der Waals surface area contributed by atoms with Crippen LogP contribution >= 0.6 is 0 Å². The van der Waals surface area contributed by atoms with Gasteiger partial charge in [0.2, 0.25) is 11.8 Å². The van der Waals surface area contributed by atoms with Crippen LogP contribution in [0.5, 0.6) is 0 Å². The van der Waals surface area contributed by atoms with E-state index in [4.69, 9.17) is 4.74 Å². The van der Waals surface area contributed by atoms with Gasteiger partial charge in [0.25, 0.3) is 0 Å². The van der Waals surface area contributed by atoms with Gasteiger partial charge in [0.1, 0.15) is 5.92 Å². The molecule has 2 aliphatic heterocycles. The molecule has 22 heavy (non-hydrogen) atoms. The number of carbonyl (C=O) groups excluding carboxylic acids is 2. The minimum atomic E-state index is -0.515. The SMILES string of the molecule is COC1CCN(C(=O)C2CCN(c3ccccc3)C2=O)CC1. The number of methoxy groups -OCH3 is 1. The Labute approximate surface area is 130 Å². The molecule has 0 radical (unpaired) electrons. The normalized spacial score (nSPS) is 23.1. The quantitative estimate of drug-likeness (QED) is 0.798. The molecule has 0 aliphatic carbocycles. The fourth-order valence-electron chi connectivity index (χ4n) is 3.31. The standard InChI is InChI=1S/C17H22N2O3/c1-22-14-7-10-18(11-8-14)16(20)15-9-12-19(17(15)21)13-5-3-2-4-6-13/h2-6,14-15H,7-12H2,1H3. The molecule has 2 aliphatic rings. The summed E-state index contributed by atoms with van der Waals surface area (Å²) in [5, 5.41) is 0. The van der Waals surface area contributed by atoms with Gasteiger partial charge < -0.3 is 14.5 Å². The number of hydrogen-bond acceptors (Lipinski definition) is 3. The summed E-state index contributed by atoms with van der Waals surface area (Å²) in [6.45, 7) is 1.99. The van der Waals surface area contributed by atoms with Crippen LogP contribution in [0.4, 0.5) is 5.69 Å². The Hall–Kier alpha value is -1.88. The van der Waals surface area contributed by atoms with Crippen molar-refractivity contribution in [1.29, 1.82) is 0 Å². The second kappa shape index (κ2) is 6.48. The summed E-state index contributed by atoms with van der Waals surface area (Å²) in [5.74, 6) is -0.595.